The average Bonchev–Trinajstić information content (AvgIpc) is 2.43. The zero-order valence-corrected chi connectivity index (χ0v) is 12.0. The van der Waals surface area contributed by atoms with Crippen LogP contribution in [-0.2, 0) is 9.59 Å². The zero-order chi connectivity index (χ0) is 15.1. The monoisotopic (exact) mass is 285 g/mol. The Kier molecular flexibility index (Phi) is 6.27. The van der Waals surface area contributed by atoms with Gasteiger partial charge in [0.05, 0.1) is 5.92 Å². The van der Waals surface area contributed by atoms with Crippen LogP contribution in [0.5, 0.6) is 0 Å². The largest absolute Gasteiger partial charge is 0.481 e. The third-order valence-corrected chi connectivity index (χ3v) is 3.45. The predicted molar refractivity (Wildman–Crippen MR) is 73.2 cm³/mol. The first-order chi connectivity index (χ1) is 9.43. The highest BCUT2D eigenvalue weighted by molar-refractivity contribution is 5.80. The van der Waals surface area contributed by atoms with Gasteiger partial charge < -0.3 is 20.6 Å². The molecule has 1 heterocycles. The fraction of sp³-hybridized carbons (Fsp3) is 0.769. The van der Waals surface area contributed by atoms with E-state index in [4.69, 9.17) is 5.11 Å². The summed E-state index contributed by atoms with van der Waals surface area (Å²) in [5, 5.41) is 14.0. The van der Waals surface area contributed by atoms with Crippen molar-refractivity contribution in [2.45, 2.75) is 26.2 Å². The number of amides is 3. The van der Waals surface area contributed by atoms with E-state index in [1.165, 1.54) is 0 Å². The van der Waals surface area contributed by atoms with Gasteiger partial charge in [0, 0.05) is 33.1 Å². The van der Waals surface area contributed by atoms with Crippen LogP contribution in [0.3, 0.4) is 0 Å². The molecule has 7 nitrogen and oxygen atoms in total. The maximum Gasteiger partial charge on any atom is 0.317 e. The van der Waals surface area contributed by atoms with Crippen molar-refractivity contribution in [3.8, 4) is 0 Å². The van der Waals surface area contributed by atoms with Gasteiger partial charge in [-0.3, -0.25) is 9.59 Å². The van der Waals surface area contributed by atoms with Crippen LogP contribution in [0, 0.1) is 11.8 Å². The highest BCUT2D eigenvalue weighted by Gasteiger charge is 2.27. The molecule has 0 radical (unpaired) electrons. The van der Waals surface area contributed by atoms with E-state index in [2.05, 4.69) is 10.6 Å². The summed E-state index contributed by atoms with van der Waals surface area (Å²) in [4.78, 5) is 35.7. The highest BCUT2D eigenvalue weighted by atomic mass is 16.4. The molecular formula is C13H23N3O4. The number of hydrogen-bond acceptors (Lipinski definition) is 3. The predicted octanol–water partition coefficient (Wildman–Crippen LogP) is 0.265. The van der Waals surface area contributed by atoms with Crippen LogP contribution in [0.1, 0.15) is 26.2 Å². The SMILES string of the molecule is CNC(=O)C1CCCN(C(=O)NCC(C)CC(=O)O)C1. The fourth-order valence-corrected chi connectivity index (χ4v) is 2.32. The number of carboxylic acids is 1. The molecule has 20 heavy (non-hydrogen) atoms. The van der Waals surface area contributed by atoms with Gasteiger partial charge in [-0.25, -0.2) is 4.79 Å². The van der Waals surface area contributed by atoms with Gasteiger partial charge in [-0.2, -0.15) is 0 Å². The second kappa shape index (κ2) is 7.72. The summed E-state index contributed by atoms with van der Waals surface area (Å²) < 4.78 is 0. The van der Waals surface area contributed by atoms with Crippen molar-refractivity contribution >= 4 is 17.9 Å². The Bertz CT molecular complexity index is 373. The number of carbonyl (C=O) groups is 3. The molecule has 1 rings (SSSR count). The lowest BCUT2D eigenvalue weighted by Gasteiger charge is -2.32. The number of hydrogen-bond donors (Lipinski definition) is 3. The van der Waals surface area contributed by atoms with Gasteiger partial charge in [-0.05, 0) is 18.8 Å². The topological polar surface area (TPSA) is 98.7 Å². The van der Waals surface area contributed by atoms with Crippen LogP contribution < -0.4 is 10.6 Å². The molecule has 0 spiro atoms. The van der Waals surface area contributed by atoms with E-state index in [0.717, 1.165) is 12.8 Å². The first-order valence-corrected chi connectivity index (χ1v) is 6.90. The minimum Gasteiger partial charge on any atom is -0.481 e. The number of nitrogens with one attached hydrogen (secondary N) is 2. The maximum absolute atomic E-state index is 12.0. The first kappa shape index (κ1) is 16.3. The number of piperidine rings is 1. The second-order valence-corrected chi connectivity index (χ2v) is 5.29. The van der Waals surface area contributed by atoms with E-state index in [1.807, 2.05) is 0 Å². The van der Waals surface area contributed by atoms with Crippen molar-refractivity contribution in [2.75, 3.05) is 26.7 Å². The van der Waals surface area contributed by atoms with Crippen LogP contribution in [-0.4, -0.2) is 54.6 Å². The van der Waals surface area contributed by atoms with Crippen LogP contribution >= 0.6 is 0 Å². The lowest BCUT2D eigenvalue weighted by atomic mass is 9.97. The molecule has 7 heteroatoms. The summed E-state index contributed by atoms with van der Waals surface area (Å²) in [7, 11) is 1.59. The van der Waals surface area contributed by atoms with E-state index >= 15 is 0 Å². The van der Waals surface area contributed by atoms with E-state index in [-0.39, 0.29) is 30.2 Å². The van der Waals surface area contributed by atoms with Crippen molar-refractivity contribution in [1.82, 2.24) is 15.5 Å². The van der Waals surface area contributed by atoms with E-state index in [0.29, 0.717) is 19.6 Å². The molecule has 114 valence electrons. The molecule has 0 aromatic rings. The number of rotatable bonds is 5. The van der Waals surface area contributed by atoms with Crippen LogP contribution in [0.4, 0.5) is 4.79 Å². The lowest BCUT2D eigenvalue weighted by Crippen LogP contribution is -2.49. The fourth-order valence-electron chi connectivity index (χ4n) is 2.32. The maximum atomic E-state index is 12.0. The smallest absolute Gasteiger partial charge is 0.317 e. The number of nitrogens with zero attached hydrogens (tertiary/aromatic N) is 1. The molecule has 1 aliphatic heterocycles. The van der Waals surface area contributed by atoms with Crippen molar-refractivity contribution in [3.63, 3.8) is 0 Å². The minimum atomic E-state index is -0.871. The number of aliphatic carboxylic acids is 1. The molecule has 3 amide bonds. The van der Waals surface area contributed by atoms with Gasteiger partial charge in [0.25, 0.3) is 0 Å². The van der Waals surface area contributed by atoms with Crippen LogP contribution in [0.2, 0.25) is 0 Å². The second-order valence-electron chi connectivity index (χ2n) is 5.29. The standard InChI is InChI=1S/C13H23N3O4/c1-9(6-11(17)18)7-15-13(20)16-5-3-4-10(8-16)12(19)14-2/h9-10H,3-8H2,1-2H3,(H,14,19)(H,15,20)(H,17,18). The van der Waals surface area contributed by atoms with Crippen molar-refractivity contribution in [3.05, 3.63) is 0 Å². The molecule has 0 saturated carbocycles. The highest BCUT2D eigenvalue weighted by Crippen LogP contribution is 2.16. The molecule has 1 fully saturated rings. The van der Waals surface area contributed by atoms with Crippen molar-refractivity contribution in [1.29, 1.82) is 0 Å². The van der Waals surface area contributed by atoms with Gasteiger partial charge >= 0.3 is 12.0 Å². The zero-order valence-electron chi connectivity index (χ0n) is 12.0. The Labute approximate surface area is 118 Å². The summed E-state index contributed by atoms with van der Waals surface area (Å²) in [6, 6.07) is -0.226. The third kappa shape index (κ3) is 5.07. The molecule has 1 saturated heterocycles. The molecule has 0 aromatic heterocycles. The van der Waals surface area contributed by atoms with E-state index in [1.54, 1.807) is 18.9 Å². The van der Waals surface area contributed by atoms with E-state index < -0.39 is 5.97 Å². The van der Waals surface area contributed by atoms with Crippen LogP contribution in [0.25, 0.3) is 0 Å². The number of urea groups is 1. The molecule has 2 atom stereocenters. The normalized spacial score (nSPS) is 20.1. The van der Waals surface area contributed by atoms with Gasteiger partial charge in [0.15, 0.2) is 0 Å². The number of likely N-dealkylation sites (tertiary alicyclic amines) is 1. The molecule has 0 aliphatic carbocycles. The summed E-state index contributed by atoms with van der Waals surface area (Å²) >= 11 is 0. The number of carboxylic acid groups (broad SMARTS) is 1. The molecule has 0 aromatic carbocycles. The lowest BCUT2D eigenvalue weighted by molar-refractivity contribution is -0.138. The molecule has 1 aliphatic rings. The third-order valence-electron chi connectivity index (χ3n) is 3.45. The molecule has 3 N–H and O–H groups in total. The molecule has 2 unspecified atom stereocenters. The molecule has 0 bridgehead atoms. The Morgan fingerprint density at radius 3 is 2.70 bits per heavy atom. The Hall–Kier alpha value is -1.79. The number of carbonyl (C=O) groups excluding carboxylic acids is 2. The summed E-state index contributed by atoms with van der Waals surface area (Å²) in [5.41, 5.74) is 0. The molecular weight excluding hydrogens is 262 g/mol. The summed E-state index contributed by atoms with van der Waals surface area (Å²) in [5.74, 6) is -1.18. The average molecular weight is 285 g/mol. The van der Waals surface area contributed by atoms with Gasteiger partial charge in [0.1, 0.15) is 0 Å². The van der Waals surface area contributed by atoms with Crippen molar-refractivity contribution in [2.24, 2.45) is 11.8 Å². The van der Waals surface area contributed by atoms with E-state index in [9.17, 15) is 14.4 Å². The minimum absolute atomic E-state index is 0.0289. The Balaban J connectivity index is 2.39. The van der Waals surface area contributed by atoms with Gasteiger partial charge in [-0.1, -0.05) is 6.92 Å². The van der Waals surface area contributed by atoms with Crippen molar-refractivity contribution < 1.29 is 19.5 Å². The van der Waals surface area contributed by atoms with Gasteiger partial charge in [0.2, 0.25) is 5.91 Å². The summed E-state index contributed by atoms with van der Waals surface area (Å²) in [6.45, 7) is 3.15. The quantitative estimate of drug-likeness (QED) is 0.675. The Morgan fingerprint density at radius 1 is 1.40 bits per heavy atom. The van der Waals surface area contributed by atoms with Crippen LogP contribution in [0.15, 0.2) is 0 Å². The first-order valence-electron chi connectivity index (χ1n) is 6.90. The Morgan fingerprint density at radius 2 is 2.10 bits per heavy atom. The summed E-state index contributed by atoms with van der Waals surface area (Å²) in [6.07, 6.45) is 1.62. The van der Waals surface area contributed by atoms with Gasteiger partial charge in [-0.15, -0.1) is 0 Å².